The Kier molecular flexibility index (Phi) is 6.65. The van der Waals surface area contributed by atoms with E-state index in [1.54, 1.807) is 60.4 Å². The summed E-state index contributed by atoms with van der Waals surface area (Å²) in [6.07, 6.45) is -3.61. The predicted octanol–water partition coefficient (Wildman–Crippen LogP) is 5.56. The Labute approximate surface area is 223 Å². The number of carbonyl (C=O) groups is 2. The Morgan fingerprint density at radius 3 is 1.82 bits per heavy atom. The van der Waals surface area contributed by atoms with Gasteiger partial charge in [0.1, 0.15) is 23.0 Å². The summed E-state index contributed by atoms with van der Waals surface area (Å²) in [5.41, 5.74) is 0.592. The number of carbonyl (C=O) groups excluding carboxylic acids is 2. The third-order valence-corrected chi connectivity index (χ3v) is 7.39. The molecule has 39 heavy (non-hydrogen) atoms. The monoisotopic (exact) mass is 540 g/mol. The minimum Gasteiger partial charge on any atom is -0.496 e. The van der Waals surface area contributed by atoms with Gasteiger partial charge >= 0.3 is 6.18 Å². The third kappa shape index (κ3) is 4.86. The standard InChI is InChI=1S/C29H27F3N2O5/c1-18-24(37-2)14-20(15-25(18)38-3)26(35)33-16-28(17-33)12-13-34(28)27(36)19-4-8-22(9-5-19)39-23-10-6-21(7-11-23)29(30,31)32/h4-11,14-15H,12-13,16-17H2,1-3H3. The molecule has 0 atom stereocenters. The second-order valence-corrected chi connectivity index (χ2v) is 9.75. The zero-order valence-electron chi connectivity index (χ0n) is 21.7. The summed E-state index contributed by atoms with van der Waals surface area (Å²) < 4.78 is 54.7. The summed E-state index contributed by atoms with van der Waals surface area (Å²) >= 11 is 0. The van der Waals surface area contributed by atoms with Crippen LogP contribution < -0.4 is 14.2 Å². The number of benzene rings is 3. The average molecular weight is 541 g/mol. The number of methoxy groups -OCH3 is 2. The van der Waals surface area contributed by atoms with Crippen molar-refractivity contribution in [1.29, 1.82) is 0 Å². The number of hydrogen-bond donors (Lipinski definition) is 0. The molecule has 2 heterocycles. The van der Waals surface area contributed by atoms with E-state index in [1.165, 1.54) is 12.1 Å². The van der Waals surface area contributed by atoms with Gasteiger partial charge < -0.3 is 24.0 Å². The molecule has 3 aromatic carbocycles. The van der Waals surface area contributed by atoms with Crippen molar-refractivity contribution in [3.63, 3.8) is 0 Å². The lowest BCUT2D eigenvalue weighted by molar-refractivity contribution is -0.137. The normalized spacial score (nSPS) is 15.8. The van der Waals surface area contributed by atoms with Gasteiger partial charge in [0.25, 0.3) is 11.8 Å². The molecule has 0 saturated carbocycles. The van der Waals surface area contributed by atoms with Crippen molar-refractivity contribution in [3.8, 4) is 23.0 Å². The molecule has 2 aliphatic rings. The second kappa shape index (κ2) is 9.83. The van der Waals surface area contributed by atoms with Gasteiger partial charge in [-0.1, -0.05) is 0 Å². The van der Waals surface area contributed by atoms with Gasteiger partial charge in [-0.05, 0) is 74.0 Å². The average Bonchev–Trinajstić information content (AvgIpc) is 2.87. The Balaban J connectivity index is 1.21. The lowest BCUT2D eigenvalue weighted by Crippen LogP contribution is -2.78. The molecule has 0 radical (unpaired) electrons. The Bertz CT molecular complexity index is 1370. The molecule has 7 nitrogen and oxygen atoms in total. The van der Waals surface area contributed by atoms with E-state index in [0.29, 0.717) is 48.0 Å². The van der Waals surface area contributed by atoms with Crippen LogP contribution in [-0.2, 0) is 6.18 Å². The van der Waals surface area contributed by atoms with Gasteiger partial charge in [0, 0.05) is 36.3 Å². The molecule has 1 spiro atoms. The van der Waals surface area contributed by atoms with Crippen LogP contribution in [0.1, 0.15) is 38.3 Å². The van der Waals surface area contributed by atoms with Crippen molar-refractivity contribution in [1.82, 2.24) is 9.80 Å². The van der Waals surface area contributed by atoms with Gasteiger partial charge in [-0.2, -0.15) is 13.2 Å². The molecule has 2 amide bonds. The van der Waals surface area contributed by atoms with Crippen molar-refractivity contribution in [2.45, 2.75) is 25.1 Å². The minimum atomic E-state index is -4.42. The van der Waals surface area contributed by atoms with Crippen LogP contribution in [0, 0.1) is 6.92 Å². The van der Waals surface area contributed by atoms with E-state index in [2.05, 4.69) is 0 Å². The number of halogens is 3. The molecular weight excluding hydrogens is 513 g/mol. The van der Waals surface area contributed by atoms with E-state index in [4.69, 9.17) is 14.2 Å². The first-order chi connectivity index (χ1) is 18.5. The van der Waals surface area contributed by atoms with Gasteiger partial charge in [-0.25, -0.2) is 0 Å². The lowest BCUT2D eigenvalue weighted by atomic mass is 9.76. The predicted molar refractivity (Wildman–Crippen MR) is 137 cm³/mol. The highest BCUT2D eigenvalue weighted by atomic mass is 19.4. The zero-order chi connectivity index (χ0) is 27.9. The molecular formula is C29H27F3N2O5. The van der Waals surface area contributed by atoms with Gasteiger partial charge in [0.15, 0.2) is 0 Å². The molecule has 0 N–H and O–H groups in total. The van der Waals surface area contributed by atoms with E-state index in [0.717, 1.165) is 24.1 Å². The molecule has 0 aromatic heterocycles. The number of likely N-dealkylation sites (tertiary alicyclic amines) is 2. The fourth-order valence-electron chi connectivity index (χ4n) is 5.06. The van der Waals surface area contributed by atoms with Crippen molar-refractivity contribution in [2.24, 2.45) is 0 Å². The number of alkyl halides is 3. The zero-order valence-corrected chi connectivity index (χ0v) is 21.7. The minimum absolute atomic E-state index is 0.145. The topological polar surface area (TPSA) is 68.3 Å². The molecule has 0 aliphatic carbocycles. The van der Waals surface area contributed by atoms with Crippen LogP contribution in [0.3, 0.4) is 0 Å². The highest BCUT2D eigenvalue weighted by Gasteiger charge is 2.56. The molecule has 10 heteroatoms. The molecule has 204 valence electrons. The molecule has 0 unspecified atom stereocenters. The first-order valence-electron chi connectivity index (χ1n) is 12.3. The van der Waals surface area contributed by atoms with E-state index >= 15 is 0 Å². The number of ether oxygens (including phenoxy) is 3. The summed E-state index contributed by atoms with van der Waals surface area (Å²) in [5, 5.41) is 0. The van der Waals surface area contributed by atoms with Crippen LogP contribution in [0.2, 0.25) is 0 Å². The van der Waals surface area contributed by atoms with Crippen LogP contribution >= 0.6 is 0 Å². The molecule has 2 aliphatic heterocycles. The first kappa shape index (κ1) is 26.4. The maximum Gasteiger partial charge on any atom is 0.416 e. The smallest absolute Gasteiger partial charge is 0.416 e. The molecule has 2 saturated heterocycles. The van der Waals surface area contributed by atoms with Gasteiger partial charge in [0.2, 0.25) is 0 Å². The Morgan fingerprint density at radius 1 is 0.821 bits per heavy atom. The summed E-state index contributed by atoms with van der Waals surface area (Å²) in [6.45, 7) is 3.32. The highest BCUT2D eigenvalue weighted by molar-refractivity contribution is 5.98. The van der Waals surface area contributed by atoms with E-state index in [9.17, 15) is 22.8 Å². The lowest BCUT2D eigenvalue weighted by Gasteiger charge is -2.62. The largest absolute Gasteiger partial charge is 0.496 e. The van der Waals surface area contributed by atoms with Gasteiger partial charge in [0.05, 0.1) is 25.3 Å². The SMILES string of the molecule is COc1cc(C(=O)N2CC3(CCN3C(=O)c3ccc(Oc4ccc(C(F)(F)F)cc4)cc3)C2)cc(OC)c1C. The van der Waals surface area contributed by atoms with Crippen LogP contribution in [0.4, 0.5) is 13.2 Å². The number of nitrogens with zero attached hydrogens (tertiary/aromatic N) is 2. The molecule has 5 rings (SSSR count). The maximum absolute atomic E-state index is 13.2. The van der Waals surface area contributed by atoms with Crippen LogP contribution in [0.5, 0.6) is 23.0 Å². The van der Waals surface area contributed by atoms with Crippen molar-refractivity contribution in [2.75, 3.05) is 33.9 Å². The number of amides is 2. The van der Waals surface area contributed by atoms with Crippen LogP contribution in [0.15, 0.2) is 60.7 Å². The van der Waals surface area contributed by atoms with Crippen molar-refractivity contribution in [3.05, 3.63) is 82.9 Å². The summed E-state index contributed by atoms with van der Waals surface area (Å²) in [4.78, 5) is 29.9. The second-order valence-electron chi connectivity index (χ2n) is 9.75. The van der Waals surface area contributed by atoms with E-state index in [1.807, 2.05) is 6.92 Å². The Hall–Kier alpha value is -4.21. The quantitative estimate of drug-likeness (QED) is 0.409. The maximum atomic E-state index is 13.2. The number of hydrogen-bond acceptors (Lipinski definition) is 5. The van der Waals surface area contributed by atoms with E-state index < -0.39 is 11.7 Å². The van der Waals surface area contributed by atoms with Crippen molar-refractivity contribution >= 4 is 11.8 Å². The van der Waals surface area contributed by atoms with E-state index in [-0.39, 0.29) is 23.1 Å². The third-order valence-electron chi connectivity index (χ3n) is 7.39. The summed E-state index contributed by atoms with van der Waals surface area (Å²) in [7, 11) is 3.08. The fraction of sp³-hybridized carbons (Fsp3) is 0.310. The molecule has 2 fully saturated rings. The number of rotatable bonds is 6. The van der Waals surface area contributed by atoms with Crippen molar-refractivity contribution < 1.29 is 37.0 Å². The van der Waals surface area contributed by atoms with Gasteiger partial charge in [-0.15, -0.1) is 0 Å². The summed E-state index contributed by atoms with van der Waals surface area (Å²) in [6, 6.07) is 14.3. The highest BCUT2D eigenvalue weighted by Crippen LogP contribution is 2.41. The van der Waals surface area contributed by atoms with Gasteiger partial charge in [-0.3, -0.25) is 9.59 Å². The summed E-state index contributed by atoms with van der Waals surface area (Å²) in [5.74, 6) is 1.49. The fourth-order valence-corrected chi connectivity index (χ4v) is 5.06. The van der Waals surface area contributed by atoms with Crippen LogP contribution in [0.25, 0.3) is 0 Å². The first-order valence-corrected chi connectivity index (χ1v) is 12.3. The molecule has 3 aromatic rings. The van der Waals surface area contributed by atoms with Crippen LogP contribution in [-0.4, -0.2) is 61.0 Å². The molecule has 0 bridgehead atoms. The Morgan fingerprint density at radius 2 is 1.36 bits per heavy atom.